The van der Waals surface area contributed by atoms with Crippen LogP contribution in [0.5, 0.6) is 0 Å². The first-order valence-electron chi connectivity index (χ1n) is 14.3. The molecule has 41 heavy (non-hydrogen) atoms. The van der Waals surface area contributed by atoms with Gasteiger partial charge in [0.15, 0.2) is 5.82 Å². The number of hydrogen-bond donors (Lipinski definition) is 2. The number of benzene rings is 1. The van der Waals surface area contributed by atoms with E-state index in [9.17, 15) is 18.4 Å². The van der Waals surface area contributed by atoms with Gasteiger partial charge in [-0.15, -0.1) is 0 Å². The third-order valence-corrected chi connectivity index (χ3v) is 8.93. The Hall–Kier alpha value is -3.41. The van der Waals surface area contributed by atoms with Crippen molar-refractivity contribution in [2.75, 3.05) is 26.3 Å². The van der Waals surface area contributed by atoms with Gasteiger partial charge in [-0.1, -0.05) is 37.9 Å². The van der Waals surface area contributed by atoms with Gasteiger partial charge in [0.05, 0.1) is 49.5 Å². The number of aromatic amines is 1. The van der Waals surface area contributed by atoms with Crippen molar-refractivity contribution in [2.45, 2.75) is 63.8 Å². The van der Waals surface area contributed by atoms with Crippen LogP contribution in [0.25, 0.3) is 11.0 Å². The van der Waals surface area contributed by atoms with Crippen LogP contribution < -0.4 is 5.32 Å². The molecule has 220 valence electrons. The zero-order chi connectivity index (χ0) is 28.9. The van der Waals surface area contributed by atoms with Gasteiger partial charge in [-0.3, -0.25) is 9.59 Å². The maximum absolute atomic E-state index is 16.0. The lowest BCUT2D eigenvalue weighted by atomic mass is 9.79. The highest BCUT2D eigenvalue weighted by atomic mass is 19.3. The number of H-pyrrole nitrogens is 1. The Bertz CT molecular complexity index is 1440. The fourth-order valence-corrected chi connectivity index (χ4v) is 6.46. The maximum atomic E-state index is 16.0. The van der Waals surface area contributed by atoms with Crippen molar-refractivity contribution >= 4 is 22.8 Å². The average Bonchev–Trinajstić information content (AvgIpc) is 3.70. The molecule has 0 bridgehead atoms. The minimum Gasteiger partial charge on any atom is -0.380 e. The SMILES string of the molecule is CCc1nocc1C(=O)N[C@H](c1nc2c(F)c(C3COCC3C(=O)N3CC(F)(F)C3)ccc2[nH]1)[C@H]1CC[C@H](C)CC1. The molecule has 0 radical (unpaired) electrons. The number of imidazole rings is 1. The number of halogens is 3. The second-order valence-electron chi connectivity index (χ2n) is 11.8. The summed E-state index contributed by atoms with van der Waals surface area (Å²) in [4.78, 5) is 35.2. The van der Waals surface area contributed by atoms with E-state index in [1.54, 1.807) is 12.1 Å². The summed E-state index contributed by atoms with van der Waals surface area (Å²) in [5.41, 5.74) is 1.76. The van der Waals surface area contributed by atoms with Crippen LogP contribution in [0.15, 0.2) is 22.9 Å². The lowest BCUT2D eigenvalue weighted by Gasteiger charge is -2.40. The van der Waals surface area contributed by atoms with Gasteiger partial charge in [-0.2, -0.15) is 0 Å². The van der Waals surface area contributed by atoms with Crippen LogP contribution >= 0.6 is 0 Å². The molecule has 3 aliphatic rings. The van der Waals surface area contributed by atoms with Gasteiger partial charge in [0.2, 0.25) is 5.91 Å². The molecule has 2 aromatic heterocycles. The molecule has 4 heterocycles. The number of carbonyl (C=O) groups is 2. The number of carbonyl (C=O) groups excluding carboxylic acids is 2. The number of rotatable bonds is 7. The first-order valence-corrected chi connectivity index (χ1v) is 14.3. The fourth-order valence-electron chi connectivity index (χ4n) is 6.46. The number of hydrogen-bond acceptors (Lipinski definition) is 6. The van der Waals surface area contributed by atoms with Gasteiger partial charge in [0, 0.05) is 5.92 Å². The molecule has 3 fully saturated rings. The van der Waals surface area contributed by atoms with Crippen LogP contribution in [0, 0.1) is 23.6 Å². The van der Waals surface area contributed by atoms with E-state index in [1.165, 1.54) is 6.26 Å². The highest BCUT2D eigenvalue weighted by molar-refractivity contribution is 5.95. The molecule has 1 aromatic carbocycles. The second kappa shape index (κ2) is 10.8. The third-order valence-electron chi connectivity index (χ3n) is 8.93. The van der Waals surface area contributed by atoms with Crippen LogP contribution in [0.3, 0.4) is 0 Å². The Labute approximate surface area is 235 Å². The summed E-state index contributed by atoms with van der Waals surface area (Å²) in [6, 6.07) is 2.82. The molecule has 2 saturated heterocycles. The van der Waals surface area contributed by atoms with E-state index in [1.807, 2.05) is 6.92 Å². The van der Waals surface area contributed by atoms with Crippen LogP contribution in [-0.2, 0) is 16.0 Å². The largest absolute Gasteiger partial charge is 0.380 e. The van der Waals surface area contributed by atoms with E-state index >= 15 is 4.39 Å². The van der Waals surface area contributed by atoms with Gasteiger partial charge in [-0.05, 0) is 42.7 Å². The number of aryl methyl sites for hydroxylation is 1. The first kappa shape index (κ1) is 27.7. The topological polar surface area (TPSA) is 113 Å². The van der Waals surface area contributed by atoms with Crippen molar-refractivity contribution in [1.82, 2.24) is 25.3 Å². The quantitative estimate of drug-likeness (QED) is 0.422. The van der Waals surface area contributed by atoms with Crippen molar-refractivity contribution < 1.29 is 32.0 Å². The number of ether oxygens (including phenoxy) is 1. The van der Waals surface area contributed by atoms with E-state index < -0.39 is 48.6 Å². The summed E-state index contributed by atoms with van der Waals surface area (Å²) in [7, 11) is 0. The zero-order valence-corrected chi connectivity index (χ0v) is 23.1. The molecule has 3 atom stereocenters. The van der Waals surface area contributed by atoms with Crippen LogP contribution in [0.2, 0.25) is 0 Å². The van der Waals surface area contributed by atoms with E-state index in [2.05, 4.69) is 27.4 Å². The summed E-state index contributed by atoms with van der Waals surface area (Å²) in [6.45, 7) is 3.01. The molecule has 2 aliphatic heterocycles. The minimum atomic E-state index is -2.88. The Morgan fingerprint density at radius 1 is 1.20 bits per heavy atom. The summed E-state index contributed by atoms with van der Waals surface area (Å²) >= 11 is 0. The molecule has 1 aliphatic carbocycles. The Balaban J connectivity index is 1.29. The molecule has 9 nitrogen and oxygen atoms in total. The van der Waals surface area contributed by atoms with Crippen molar-refractivity contribution in [1.29, 1.82) is 0 Å². The van der Waals surface area contributed by atoms with Gasteiger partial charge >= 0.3 is 0 Å². The van der Waals surface area contributed by atoms with Crippen molar-refractivity contribution in [3.8, 4) is 0 Å². The van der Waals surface area contributed by atoms with Crippen molar-refractivity contribution in [3.05, 3.63) is 46.9 Å². The molecule has 0 spiro atoms. The lowest BCUT2D eigenvalue weighted by Crippen LogP contribution is -2.60. The number of likely N-dealkylation sites (tertiary alicyclic amines) is 1. The van der Waals surface area contributed by atoms with Gasteiger partial charge in [-0.25, -0.2) is 18.2 Å². The Morgan fingerprint density at radius 3 is 2.66 bits per heavy atom. The summed E-state index contributed by atoms with van der Waals surface area (Å²) in [5.74, 6) is -4.45. The van der Waals surface area contributed by atoms with Crippen LogP contribution in [0.4, 0.5) is 13.2 Å². The monoisotopic (exact) mass is 573 g/mol. The Kier molecular flexibility index (Phi) is 7.29. The standard InChI is InChI=1S/C29H34F3N5O4/c1-3-21-20(12-41-36-21)27(38)35-24(16-6-4-15(2)5-7-16)26-33-22-9-8-17(23(30)25(22)34-26)18-10-40-11-19(18)28(39)37-13-29(31,32)14-37/h8-9,12,15-16,18-19,24H,3-7,10-11,13-14H2,1-2H3,(H,33,34)(H,35,38)/t15-,16-,18?,19?,24-/m0/s1. The van der Waals surface area contributed by atoms with Gasteiger partial charge < -0.3 is 24.5 Å². The predicted molar refractivity (Wildman–Crippen MR) is 142 cm³/mol. The molecule has 2 N–H and O–H groups in total. The van der Waals surface area contributed by atoms with E-state index in [4.69, 9.17) is 9.26 Å². The summed E-state index contributed by atoms with van der Waals surface area (Å²) in [5, 5.41) is 7.03. The average molecular weight is 574 g/mol. The van der Waals surface area contributed by atoms with Crippen molar-refractivity contribution in [3.63, 3.8) is 0 Å². The third kappa shape index (κ3) is 5.22. The molecule has 1 saturated carbocycles. The zero-order valence-electron chi connectivity index (χ0n) is 23.1. The number of fused-ring (bicyclic) bond motifs is 1. The number of nitrogens with one attached hydrogen (secondary N) is 2. The number of aromatic nitrogens is 3. The molecule has 2 unspecified atom stereocenters. The molecule has 3 aromatic rings. The van der Waals surface area contributed by atoms with Crippen LogP contribution in [-0.4, -0.2) is 64.1 Å². The fraction of sp³-hybridized carbons (Fsp3) is 0.586. The van der Waals surface area contributed by atoms with Crippen LogP contribution in [0.1, 0.15) is 78.9 Å². The van der Waals surface area contributed by atoms with Crippen molar-refractivity contribution in [2.24, 2.45) is 17.8 Å². The Morgan fingerprint density at radius 2 is 1.95 bits per heavy atom. The molecule has 12 heteroatoms. The van der Waals surface area contributed by atoms with Gasteiger partial charge in [0.25, 0.3) is 11.8 Å². The molecular weight excluding hydrogens is 539 g/mol. The summed E-state index contributed by atoms with van der Waals surface area (Å²) in [6.07, 6.45) is 5.69. The first-order chi connectivity index (χ1) is 19.6. The maximum Gasteiger partial charge on any atom is 0.282 e. The highest BCUT2D eigenvalue weighted by Gasteiger charge is 2.50. The lowest BCUT2D eigenvalue weighted by molar-refractivity contribution is -0.169. The summed E-state index contributed by atoms with van der Waals surface area (Å²) < 4.78 is 53.4. The second-order valence-corrected chi connectivity index (χ2v) is 11.8. The number of amides is 2. The number of alkyl halides is 2. The smallest absolute Gasteiger partial charge is 0.282 e. The van der Waals surface area contributed by atoms with Gasteiger partial charge in [0.1, 0.15) is 23.2 Å². The number of nitrogens with zero attached hydrogens (tertiary/aromatic N) is 3. The molecule has 6 rings (SSSR count). The minimum absolute atomic E-state index is 0.0473. The normalized spacial score (nSPS) is 26.6. The van der Waals surface area contributed by atoms with E-state index in [-0.39, 0.29) is 36.1 Å². The van der Waals surface area contributed by atoms with E-state index in [0.717, 1.165) is 30.6 Å². The molecule has 2 amide bonds. The molecular formula is C29H34F3N5O4. The highest BCUT2D eigenvalue weighted by Crippen LogP contribution is 2.40. The predicted octanol–water partition coefficient (Wildman–Crippen LogP) is 4.76. The van der Waals surface area contributed by atoms with E-state index in [0.29, 0.717) is 34.9 Å².